The molecule has 0 amide bonds. The summed E-state index contributed by atoms with van der Waals surface area (Å²) < 4.78 is 0. The molecule has 0 bridgehead atoms. The lowest BCUT2D eigenvalue weighted by Gasteiger charge is -2.58. The molecule has 3 fully saturated rings. The van der Waals surface area contributed by atoms with Gasteiger partial charge in [0.2, 0.25) is 0 Å². The second kappa shape index (κ2) is 8.91. The predicted octanol–water partition coefficient (Wildman–Crippen LogP) is 7.67. The van der Waals surface area contributed by atoms with Crippen LogP contribution in [0.5, 0.6) is 0 Å². The van der Waals surface area contributed by atoms with Crippen LogP contribution < -0.4 is 0 Å². The Morgan fingerprint density at radius 3 is 2.53 bits per heavy atom. The first-order valence-corrected chi connectivity index (χ1v) is 13.6. The Bertz CT molecular complexity index is 782. The fourth-order valence-corrected chi connectivity index (χ4v) is 9.08. The lowest BCUT2D eigenvalue weighted by molar-refractivity contribution is -0.129. The Hall–Kier alpha value is -1.12. The molecule has 4 rings (SSSR count). The number of Topliss-reactive ketones (excluding diaryl/α,β-unsaturated/α-hetero) is 1. The van der Waals surface area contributed by atoms with Gasteiger partial charge in [-0.3, -0.25) is 4.79 Å². The molecule has 0 saturated heterocycles. The number of allylic oxidation sites excluding steroid dienone is 2. The van der Waals surface area contributed by atoms with Crippen molar-refractivity contribution in [3.05, 3.63) is 11.6 Å². The van der Waals surface area contributed by atoms with Crippen molar-refractivity contribution in [3.8, 4) is 0 Å². The van der Waals surface area contributed by atoms with Gasteiger partial charge in [0.15, 0.2) is 5.78 Å². The van der Waals surface area contributed by atoms with Crippen molar-refractivity contribution in [3.63, 3.8) is 0 Å². The van der Waals surface area contributed by atoms with Crippen LogP contribution in [0, 0.1) is 52.3 Å². The van der Waals surface area contributed by atoms with Gasteiger partial charge < -0.3 is 5.21 Å². The number of nitrogens with zero attached hydrogens (tertiary/aromatic N) is 1. The monoisotopic (exact) mass is 441 g/mol. The molecule has 0 aromatic heterocycles. The number of hydrogen-bond acceptors (Lipinski definition) is 3. The molecule has 3 heteroatoms. The van der Waals surface area contributed by atoms with Crippen molar-refractivity contribution in [1.29, 1.82) is 0 Å². The molecule has 1 N–H and O–H groups in total. The summed E-state index contributed by atoms with van der Waals surface area (Å²) in [7, 11) is 0. The van der Waals surface area contributed by atoms with E-state index >= 15 is 0 Å². The van der Waals surface area contributed by atoms with Crippen molar-refractivity contribution in [1.82, 2.24) is 0 Å². The summed E-state index contributed by atoms with van der Waals surface area (Å²) in [6, 6.07) is 0. The molecule has 1 unspecified atom stereocenters. The third kappa shape index (κ3) is 3.80. The van der Waals surface area contributed by atoms with E-state index < -0.39 is 0 Å². The highest BCUT2D eigenvalue weighted by Gasteiger charge is 2.61. The summed E-state index contributed by atoms with van der Waals surface area (Å²) >= 11 is 0. The lowest BCUT2D eigenvalue weighted by Crippen LogP contribution is -2.54. The van der Waals surface area contributed by atoms with E-state index in [1.165, 1.54) is 44.9 Å². The van der Waals surface area contributed by atoms with Crippen LogP contribution in [0.4, 0.5) is 0 Å². The molecule has 32 heavy (non-hydrogen) atoms. The number of carbonyl (C=O) groups is 1. The number of fused-ring (bicyclic) bond motifs is 5. The maximum Gasteiger partial charge on any atom is 0.159 e. The van der Waals surface area contributed by atoms with Crippen LogP contribution in [-0.4, -0.2) is 16.7 Å². The van der Waals surface area contributed by atoms with E-state index in [-0.39, 0.29) is 11.3 Å². The second-order valence-corrected chi connectivity index (χ2v) is 12.8. The van der Waals surface area contributed by atoms with Gasteiger partial charge in [0.25, 0.3) is 0 Å². The van der Waals surface area contributed by atoms with Crippen LogP contribution in [0.15, 0.2) is 16.8 Å². The zero-order chi connectivity index (χ0) is 23.3. The highest BCUT2D eigenvalue weighted by atomic mass is 16.4. The smallest absolute Gasteiger partial charge is 0.159 e. The number of rotatable bonds is 6. The Morgan fingerprint density at radius 1 is 1.12 bits per heavy atom. The zero-order valence-corrected chi connectivity index (χ0v) is 21.5. The van der Waals surface area contributed by atoms with Crippen LogP contribution in [0.3, 0.4) is 0 Å². The molecule has 3 saturated carbocycles. The van der Waals surface area contributed by atoms with Crippen molar-refractivity contribution in [2.45, 2.75) is 106 Å². The third-order valence-electron chi connectivity index (χ3n) is 10.8. The third-order valence-corrected chi connectivity index (χ3v) is 10.8. The Kier molecular flexibility index (Phi) is 6.69. The molecular formula is C29H47NO2. The minimum Gasteiger partial charge on any atom is -0.411 e. The van der Waals surface area contributed by atoms with E-state index in [1.807, 2.05) is 6.08 Å². The van der Waals surface area contributed by atoms with Gasteiger partial charge in [0.05, 0.1) is 5.71 Å². The Labute approximate surface area is 196 Å². The maximum atomic E-state index is 13.5. The molecule has 0 radical (unpaired) electrons. The molecular weight excluding hydrogens is 394 g/mol. The molecule has 180 valence electrons. The molecule has 4 aliphatic carbocycles. The van der Waals surface area contributed by atoms with Crippen molar-refractivity contribution in [2.24, 2.45) is 57.4 Å². The summed E-state index contributed by atoms with van der Waals surface area (Å²) in [5.74, 6) is 4.88. The van der Waals surface area contributed by atoms with E-state index in [0.29, 0.717) is 29.0 Å². The Morgan fingerprint density at radius 2 is 1.88 bits per heavy atom. The quantitative estimate of drug-likeness (QED) is 0.339. The predicted molar refractivity (Wildman–Crippen MR) is 132 cm³/mol. The van der Waals surface area contributed by atoms with Gasteiger partial charge >= 0.3 is 0 Å². The highest BCUT2D eigenvalue weighted by Crippen LogP contribution is 2.67. The molecule has 0 spiro atoms. The first-order chi connectivity index (χ1) is 15.2. The average Bonchev–Trinajstić information content (AvgIpc) is 3.10. The second-order valence-electron chi connectivity index (χ2n) is 12.8. The maximum absolute atomic E-state index is 13.5. The lowest BCUT2D eigenvalue weighted by atomic mass is 9.45. The van der Waals surface area contributed by atoms with Gasteiger partial charge in [-0.1, -0.05) is 66.0 Å². The number of ketones is 1. The van der Waals surface area contributed by atoms with Crippen molar-refractivity contribution < 1.29 is 10.0 Å². The summed E-state index contributed by atoms with van der Waals surface area (Å²) in [6.07, 6.45) is 14.0. The summed E-state index contributed by atoms with van der Waals surface area (Å²) in [4.78, 5) is 13.5. The van der Waals surface area contributed by atoms with Crippen molar-refractivity contribution >= 4 is 11.5 Å². The van der Waals surface area contributed by atoms with Crippen LogP contribution in [0.1, 0.15) is 106 Å². The summed E-state index contributed by atoms with van der Waals surface area (Å²) in [5.41, 5.74) is 2.06. The fraction of sp³-hybridized carbons (Fsp3) is 0.862. The first-order valence-electron chi connectivity index (χ1n) is 13.6. The molecule has 0 aliphatic heterocycles. The Balaban J connectivity index is 1.57. The number of hydrogen-bond donors (Lipinski definition) is 1. The highest BCUT2D eigenvalue weighted by molar-refractivity contribution is 6.08. The van der Waals surface area contributed by atoms with Gasteiger partial charge in [-0.05, 0) is 90.9 Å². The van der Waals surface area contributed by atoms with E-state index in [4.69, 9.17) is 0 Å². The van der Waals surface area contributed by atoms with Crippen LogP contribution in [0.25, 0.3) is 0 Å². The van der Waals surface area contributed by atoms with E-state index in [0.717, 1.165) is 48.3 Å². The van der Waals surface area contributed by atoms with Crippen LogP contribution >= 0.6 is 0 Å². The summed E-state index contributed by atoms with van der Waals surface area (Å²) in [5, 5.41) is 13.1. The minimum atomic E-state index is -0.0445. The largest absolute Gasteiger partial charge is 0.411 e. The van der Waals surface area contributed by atoms with Crippen molar-refractivity contribution in [2.75, 3.05) is 0 Å². The molecule has 8 atom stereocenters. The SMILES string of the molecule is CCC1C[C@@]2(C)C(=CC1=NO)C(=O)C[C@H]1[C@@H]3CC[C@H]([C@H](C)CCCC(C)C)[C@@]3(C)CC[C@@H]12. The topological polar surface area (TPSA) is 49.7 Å². The standard InChI is InChI=1S/C29H47NO2/c1-7-20-17-29(6)24-13-14-28(5)22(19(4)10-8-9-18(2)3)11-12-23(28)21(24)15-27(31)25(29)16-26(20)30-32/h16,18-24,32H,7-15,17H2,1-6H3/t19-,20?,21+,22-,23+,24+,28-,29-/m1/s1. The van der Waals surface area contributed by atoms with E-state index in [1.54, 1.807) is 0 Å². The summed E-state index contributed by atoms with van der Waals surface area (Å²) in [6.45, 7) is 14.3. The van der Waals surface area contributed by atoms with Gasteiger partial charge in [-0.2, -0.15) is 0 Å². The molecule has 0 aromatic rings. The van der Waals surface area contributed by atoms with Crippen LogP contribution in [-0.2, 0) is 4.79 Å². The molecule has 3 nitrogen and oxygen atoms in total. The molecule has 0 aromatic carbocycles. The van der Waals surface area contributed by atoms with Crippen LogP contribution in [0.2, 0.25) is 0 Å². The van der Waals surface area contributed by atoms with Gasteiger partial charge in [-0.25, -0.2) is 0 Å². The number of oxime groups is 1. The minimum absolute atomic E-state index is 0.0445. The normalized spacial score (nSPS) is 43.6. The first kappa shape index (κ1) is 24.0. The van der Waals surface area contributed by atoms with Gasteiger partial charge in [-0.15, -0.1) is 0 Å². The average molecular weight is 442 g/mol. The molecule has 0 heterocycles. The number of carbonyl (C=O) groups excluding carboxylic acids is 1. The van der Waals surface area contributed by atoms with E-state index in [9.17, 15) is 10.0 Å². The fourth-order valence-electron chi connectivity index (χ4n) is 9.08. The van der Waals surface area contributed by atoms with Gasteiger partial charge in [0.1, 0.15) is 0 Å². The van der Waals surface area contributed by atoms with Gasteiger partial charge in [0, 0.05) is 17.9 Å². The molecule has 4 aliphatic rings. The zero-order valence-electron chi connectivity index (χ0n) is 21.5. The van der Waals surface area contributed by atoms with E-state index in [2.05, 4.69) is 46.7 Å².